The van der Waals surface area contributed by atoms with Gasteiger partial charge in [-0.2, -0.15) is 5.26 Å². The molecule has 1 aromatic heterocycles. The lowest BCUT2D eigenvalue weighted by molar-refractivity contribution is 0.104. The van der Waals surface area contributed by atoms with Crippen LogP contribution in [0.2, 0.25) is 0 Å². The first-order chi connectivity index (χ1) is 11.1. The molecule has 0 saturated heterocycles. The molecular weight excluding hydrogens is 298 g/mol. The molecule has 5 heteroatoms. The zero-order valence-electron chi connectivity index (χ0n) is 11.8. The topological polar surface area (TPSA) is 56.6 Å². The molecule has 3 nitrogen and oxygen atoms in total. The molecule has 0 atom stereocenters. The number of carbonyl (C=O) groups excluding carboxylic acids is 1. The van der Waals surface area contributed by atoms with Crippen LogP contribution in [0.1, 0.15) is 15.9 Å². The largest absolute Gasteiger partial charge is 0.360 e. The van der Waals surface area contributed by atoms with Crippen LogP contribution in [0.25, 0.3) is 17.0 Å². The number of nitriles is 1. The Morgan fingerprint density at radius 3 is 2.65 bits per heavy atom. The van der Waals surface area contributed by atoms with Crippen LogP contribution in [0.5, 0.6) is 0 Å². The number of para-hydroxylation sites is 1. The van der Waals surface area contributed by atoms with Gasteiger partial charge < -0.3 is 4.98 Å². The minimum Gasteiger partial charge on any atom is -0.360 e. The Labute approximate surface area is 130 Å². The van der Waals surface area contributed by atoms with Crippen LogP contribution in [0, 0.1) is 23.0 Å². The molecule has 0 saturated carbocycles. The predicted molar refractivity (Wildman–Crippen MR) is 82.6 cm³/mol. The number of aromatic amines is 1. The van der Waals surface area contributed by atoms with Crippen molar-refractivity contribution in [3.05, 3.63) is 77.0 Å². The van der Waals surface area contributed by atoms with Crippen molar-refractivity contribution in [2.24, 2.45) is 0 Å². The van der Waals surface area contributed by atoms with E-state index in [4.69, 9.17) is 0 Å². The Morgan fingerprint density at radius 2 is 1.91 bits per heavy atom. The van der Waals surface area contributed by atoms with Crippen molar-refractivity contribution in [3.63, 3.8) is 0 Å². The van der Waals surface area contributed by atoms with Gasteiger partial charge in [-0.15, -0.1) is 0 Å². The van der Waals surface area contributed by atoms with E-state index in [-0.39, 0.29) is 11.1 Å². The maximum Gasteiger partial charge on any atom is 0.205 e. The summed E-state index contributed by atoms with van der Waals surface area (Å²) < 4.78 is 26.2. The van der Waals surface area contributed by atoms with Gasteiger partial charge in [-0.25, -0.2) is 8.78 Å². The Kier molecular flexibility index (Phi) is 3.73. The molecule has 2 aromatic carbocycles. The molecule has 1 N–H and O–H groups in total. The lowest BCUT2D eigenvalue weighted by Gasteiger charge is -2.00. The van der Waals surface area contributed by atoms with Gasteiger partial charge >= 0.3 is 0 Å². The highest BCUT2D eigenvalue weighted by Gasteiger charge is 2.16. The van der Waals surface area contributed by atoms with Crippen molar-refractivity contribution in [3.8, 4) is 6.07 Å². The molecule has 0 amide bonds. The first-order valence-electron chi connectivity index (χ1n) is 6.78. The van der Waals surface area contributed by atoms with E-state index in [2.05, 4.69) is 4.98 Å². The smallest absolute Gasteiger partial charge is 0.205 e. The summed E-state index contributed by atoms with van der Waals surface area (Å²) in [4.78, 5) is 15.5. The molecule has 0 aliphatic heterocycles. The number of carbonyl (C=O) groups is 1. The van der Waals surface area contributed by atoms with Gasteiger partial charge in [0.1, 0.15) is 11.6 Å². The standard InChI is InChI=1S/C18H10F2N2O/c19-15-6-5-11(8-16(15)20)7-12(9-21)18(23)14-10-22-17-4-2-1-3-13(14)17/h1-8,10,22H/b12-7+. The average molecular weight is 308 g/mol. The highest BCUT2D eigenvalue weighted by atomic mass is 19.2. The van der Waals surface area contributed by atoms with E-state index >= 15 is 0 Å². The van der Waals surface area contributed by atoms with Crippen molar-refractivity contribution in [1.29, 1.82) is 5.26 Å². The van der Waals surface area contributed by atoms with Crippen LogP contribution in [-0.4, -0.2) is 10.8 Å². The number of halogens is 2. The molecule has 1 heterocycles. The van der Waals surface area contributed by atoms with E-state index < -0.39 is 17.4 Å². The number of aromatic nitrogens is 1. The van der Waals surface area contributed by atoms with Crippen molar-refractivity contribution in [2.45, 2.75) is 0 Å². The third-order valence-electron chi connectivity index (χ3n) is 3.45. The number of H-pyrrole nitrogens is 1. The van der Waals surface area contributed by atoms with Gasteiger partial charge in [-0.1, -0.05) is 24.3 Å². The monoisotopic (exact) mass is 308 g/mol. The SMILES string of the molecule is N#C/C(=C\c1ccc(F)c(F)c1)C(=O)c1c[nH]c2ccccc12. The molecule has 23 heavy (non-hydrogen) atoms. The molecule has 3 rings (SSSR count). The zero-order chi connectivity index (χ0) is 16.4. The van der Waals surface area contributed by atoms with Crippen molar-refractivity contribution in [1.82, 2.24) is 4.98 Å². The molecule has 0 spiro atoms. The number of nitrogens with one attached hydrogen (secondary N) is 1. The lowest BCUT2D eigenvalue weighted by Crippen LogP contribution is -2.01. The summed E-state index contributed by atoms with van der Waals surface area (Å²) in [6, 6.07) is 12.2. The van der Waals surface area contributed by atoms with Gasteiger partial charge in [0.15, 0.2) is 11.6 Å². The molecule has 0 radical (unpaired) electrons. The van der Waals surface area contributed by atoms with E-state index in [1.165, 1.54) is 18.3 Å². The predicted octanol–water partition coefficient (Wildman–Crippen LogP) is 4.24. The second-order valence-corrected chi connectivity index (χ2v) is 4.92. The van der Waals surface area contributed by atoms with Gasteiger partial charge in [0.2, 0.25) is 5.78 Å². The third kappa shape index (κ3) is 2.74. The van der Waals surface area contributed by atoms with E-state index in [1.807, 2.05) is 18.2 Å². The average Bonchev–Trinajstić information content (AvgIpc) is 2.99. The first-order valence-corrected chi connectivity index (χ1v) is 6.78. The Bertz CT molecular complexity index is 980. The molecular formula is C18H10F2N2O. The summed E-state index contributed by atoms with van der Waals surface area (Å²) in [5, 5.41) is 9.93. The summed E-state index contributed by atoms with van der Waals surface area (Å²) in [5.41, 5.74) is 1.23. The second kappa shape index (κ2) is 5.85. The fourth-order valence-corrected chi connectivity index (χ4v) is 2.32. The fraction of sp³-hybridized carbons (Fsp3) is 0. The van der Waals surface area contributed by atoms with Gasteiger partial charge in [0, 0.05) is 22.7 Å². The fourth-order valence-electron chi connectivity index (χ4n) is 2.32. The summed E-state index contributed by atoms with van der Waals surface area (Å²) in [6.07, 6.45) is 2.77. The number of ketones is 1. The number of hydrogen-bond donors (Lipinski definition) is 1. The van der Waals surface area contributed by atoms with Crippen LogP contribution in [0.4, 0.5) is 8.78 Å². The number of rotatable bonds is 3. The number of hydrogen-bond acceptors (Lipinski definition) is 2. The Balaban J connectivity index is 2.03. The van der Waals surface area contributed by atoms with E-state index in [1.54, 1.807) is 12.1 Å². The maximum absolute atomic E-state index is 13.2. The quantitative estimate of drug-likeness (QED) is 0.447. The number of nitrogens with zero attached hydrogens (tertiary/aromatic N) is 1. The number of fused-ring (bicyclic) bond motifs is 1. The maximum atomic E-state index is 13.2. The van der Waals surface area contributed by atoms with E-state index in [0.29, 0.717) is 10.9 Å². The molecule has 112 valence electrons. The molecule has 0 aliphatic rings. The van der Waals surface area contributed by atoms with Crippen LogP contribution in [0.3, 0.4) is 0 Å². The minimum atomic E-state index is -1.03. The Hall–Kier alpha value is -3.26. The van der Waals surface area contributed by atoms with Crippen LogP contribution >= 0.6 is 0 Å². The van der Waals surface area contributed by atoms with Crippen molar-refractivity contribution in [2.75, 3.05) is 0 Å². The third-order valence-corrected chi connectivity index (χ3v) is 3.45. The van der Waals surface area contributed by atoms with Gasteiger partial charge in [0.05, 0.1) is 0 Å². The number of allylic oxidation sites excluding steroid dienone is 1. The lowest BCUT2D eigenvalue weighted by atomic mass is 10.0. The number of Topliss-reactive ketones (excluding diaryl/α,β-unsaturated/α-hetero) is 1. The normalized spacial score (nSPS) is 11.4. The molecule has 3 aromatic rings. The van der Waals surface area contributed by atoms with E-state index in [0.717, 1.165) is 17.6 Å². The summed E-state index contributed by atoms with van der Waals surface area (Å²) >= 11 is 0. The van der Waals surface area contributed by atoms with Crippen LogP contribution in [0.15, 0.2) is 54.2 Å². The molecule has 0 bridgehead atoms. The highest BCUT2D eigenvalue weighted by Crippen LogP contribution is 2.22. The van der Waals surface area contributed by atoms with E-state index in [9.17, 15) is 18.8 Å². The van der Waals surface area contributed by atoms with Crippen molar-refractivity contribution < 1.29 is 13.6 Å². The highest BCUT2D eigenvalue weighted by molar-refractivity contribution is 6.19. The summed E-state index contributed by atoms with van der Waals surface area (Å²) in [5.74, 6) is -2.49. The van der Waals surface area contributed by atoms with Gasteiger partial charge in [-0.3, -0.25) is 4.79 Å². The first kappa shape index (κ1) is 14.7. The number of benzene rings is 2. The second-order valence-electron chi connectivity index (χ2n) is 4.92. The molecule has 0 fully saturated rings. The van der Waals surface area contributed by atoms with Gasteiger partial charge in [-0.05, 0) is 29.8 Å². The summed E-state index contributed by atoms with van der Waals surface area (Å²) in [7, 11) is 0. The van der Waals surface area contributed by atoms with Crippen molar-refractivity contribution >= 4 is 22.8 Å². The van der Waals surface area contributed by atoms with Crippen LogP contribution in [-0.2, 0) is 0 Å². The molecule has 0 aliphatic carbocycles. The zero-order valence-corrected chi connectivity index (χ0v) is 11.8. The van der Waals surface area contributed by atoms with Crippen LogP contribution < -0.4 is 0 Å². The van der Waals surface area contributed by atoms with Gasteiger partial charge in [0.25, 0.3) is 0 Å². The Morgan fingerprint density at radius 1 is 1.13 bits per heavy atom. The molecule has 0 unspecified atom stereocenters. The minimum absolute atomic E-state index is 0.152. The summed E-state index contributed by atoms with van der Waals surface area (Å²) in [6.45, 7) is 0.